The smallest absolute Gasteiger partial charge is 0.240 e. The van der Waals surface area contributed by atoms with Crippen LogP contribution in [0.1, 0.15) is 15.9 Å². The molecule has 0 bridgehead atoms. The minimum Gasteiger partial charge on any atom is -0.353 e. The first-order chi connectivity index (χ1) is 19.6. The fourth-order valence-electron chi connectivity index (χ4n) is 3.45. The van der Waals surface area contributed by atoms with Crippen molar-refractivity contribution in [3.05, 3.63) is 102 Å². The number of carbonyl (C=O) groups is 1. The third-order valence-corrected chi connectivity index (χ3v) is 7.05. The molecule has 0 saturated carbocycles. The van der Waals surface area contributed by atoms with E-state index in [1.165, 1.54) is 54.6 Å². The van der Waals surface area contributed by atoms with Gasteiger partial charge in [-0.3, -0.25) is 4.79 Å². The van der Waals surface area contributed by atoms with E-state index in [1.54, 1.807) is 49.3 Å². The highest BCUT2D eigenvalue weighted by Crippen LogP contribution is 2.17. The van der Waals surface area contributed by atoms with E-state index in [-0.39, 0.29) is 47.3 Å². The minimum atomic E-state index is -3.85. The average molecular weight is 580 g/mol. The number of aromatic nitrogens is 3. The Balaban J connectivity index is 1.33. The maximum absolute atomic E-state index is 13.2. The van der Waals surface area contributed by atoms with Crippen LogP contribution in [0.2, 0.25) is 0 Å². The Morgan fingerprint density at radius 1 is 0.829 bits per heavy atom. The number of ketones is 1. The molecule has 13 heteroatoms. The van der Waals surface area contributed by atoms with Crippen LogP contribution in [-0.2, 0) is 10.0 Å². The highest BCUT2D eigenvalue weighted by molar-refractivity contribution is 7.89. The number of allylic oxidation sites excluding steroid dienone is 1. The second-order valence-corrected chi connectivity index (χ2v) is 10.7. The molecule has 3 N–H and O–H groups in total. The highest BCUT2D eigenvalue weighted by Gasteiger charge is 2.15. The molecule has 0 atom stereocenters. The Kier molecular flexibility index (Phi) is 9.32. The monoisotopic (exact) mass is 579 g/mol. The first-order valence-corrected chi connectivity index (χ1v) is 13.8. The van der Waals surface area contributed by atoms with E-state index in [4.69, 9.17) is 0 Å². The van der Waals surface area contributed by atoms with Crippen molar-refractivity contribution >= 4 is 45.4 Å². The second-order valence-electron chi connectivity index (χ2n) is 8.91. The molecule has 0 aliphatic rings. The zero-order valence-electron chi connectivity index (χ0n) is 22.2. The topological polar surface area (TPSA) is 129 Å². The Morgan fingerprint density at radius 2 is 1.44 bits per heavy atom. The molecule has 1 heterocycles. The summed E-state index contributed by atoms with van der Waals surface area (Å²) in [4.78, 5) is 27.0. The summed E-state index contributed by atoms with van der Waals surface area (Å²) < 4.78 is 54.2. The summed E-state index contributed by atoms with van der Waals surface area (Å²) in [6.45, 7) is 0.185. The van der Waals surface area contributed by atoms with Gasteiger partial charge >= 0.3 is 0 Å². The summed E-state index contributed by atoms with van der Waals surface area (Å²) in [5.74, 6) is -0.272. The summed E-state index contributed by atoms with van der Waals surface area (Å²) >= 11 is 0. The second kappa shape index (κ2) is 13.1. The molecular formula is C28H27F2N7O3S. The van der Waals surface area contributed by atoms with Crippen molar-refractivity contribution in [1.29, 1.82) is 0 Å². The molecule has 10 nitrogen and oxygen atoms in total. The van der Waals surface area contributed by atoms with E-state index in [0.29, 0.717) is 22.8 Å². The molecule has 0 aliphatic heterocycles. The van der Waals surface area contributed by atoms with Gasteiger partial charge in [-0.25, -0.2) is 21.9 Å². The molecule has 4 aromatic rings. The van der Waals surface area contributed by atoms with Crippen LogP contribution >= 0.6 is 0 Å². The number of hydrogen-bond acceptors (Lipinski definition) is 9. The van der Waals surface area contributed by atoms with Crippen molar-refractivity contribution in [3.63, 3.8) is 0 Å². The van der Waals surface area contributed by atoms with Crippen LogP contribution < -0.4 is 20.3 Å². The number of anilines is 4. The summed E-state index contributed by atoms with van der Waals surface area (Å²) in [5, 5.41) is 5.95. The Bertz CT molecular complexity index is 1630. The number of hydrogen-bond donors (Lipinski definition) is 3. The largest absolute Gasteiger partial charge is 0.353 e. The Morgan fingerprint density at radius 3 is 2.07 bits per heavy atom. The molecule has 0 aliphatic carbocycles. The number of carbonyl (C=O) groups excluding carboxylic acids is 1. The molecule has 4 rings (SSSR count). The van der Waals surface area contributed by atoms with Crippen LogP contribution in [0.5, 0.6) is 0 Å². The fraction of sp³-hybridized carbons (Fsp3) is 0.143. The molecule has 41 heavy (non-hydrogen) atoms. The van der Waals surface area contributed by atoms with Crippen molar-refractivity contribution in [2.24, 2.45) is 0 Å². The molecular weight excluding hydrogens is 552 g/mol. The minimum absolute atomic E-state index is 0.00240. The maximum atomic E-state index is 13.2. The number of rotatable bonds is 12. The van der Waals surface area contributed by atoms with Gasteiger partial charge in [-0.1, -0.05) is 18.2 Å². The van der Waals surface area contributed by atoms with Crippen LogP contribution in [0.25, 0.3) is 6.08 Å². The average Bonchev–Trinajstić information content (AvgIpc) is 2.96. The number of benzene rings is 3. The number of nitrogens with one attached hydrogen (secondary N) is 3. The normalized spacial score (nSPS) is 11.4. The van der Waals surface area contributed by atoms with Crippen molar-refractivity contribution in [1.82, 2.24) is 19.7 Å². The molecule has 0 spiro atoms. The van der Waals surface area contributed by atoms with Crippen LogP contribution in [0, 0.1) is 11.6 Å². The lowest BCUT2D eigenvalue weighted by atomic mass is 10.1. The van der Waals surface area contributed by atoms with Gasteiger partial charge in [-0.05, 0) is 72.3 Å². The lowest BCUT2D eigenvalue weighted by Gasteiger charge is -2.14. The molecule has 212 valence electrons. The van der Waals surface area contributed by atoms with Gasteiger partial charge in [0.1, 0.15) is 11.6 Å². The van der Waals surface area contributed by atoms with Crippen LogP contribution in [-0.4, -0.2) is 56.3 Å². The Hall–Kier alpha value is -4.75. The SMILES string of the molecule is CN(C)c1nc(NCCNS(=O)(=O)c2ccc(C(=O)/C=C/c3ccc(F)cc3)cc2)nc(Nc2ccc(F)cc2)n1. The molecule has 0 amide bonds. The van der Waals surface area contributed by atoms with E-state index >= 15 is 0 Å². The van der Waals surface area contributed by atoms with Gasteiger partial charge < -0.3 is 15.5 Å². The molecule has 0 radical (unpaired) electrons. The molecule has 0 unspecified atom stereocenters. The molecule has 0 saturated heterocycles. The zero-order chi connectivity index (χ0) is 29.4. The van der Waals surface area contributed by atoms with Gasteiger partial charge in [0.15, 0.2) is 5.78 Å². The van der Waals surface area contributed by atoms with E-state index in [9.17, 15) is 22.0 Å². The van der Waals surface area contributed by atoms with Gasteiger partial charge in [-0.15, -0.1) is 0 Å². The van der Waals surface area contributed by atoms with Gasteiger partial charge in [0.25, 0.3) is 0 Å². The number of nitrogens with zero attached hydrogens (tertiary/aromatic N) is 4. The maximum Gasteiger partial charge on any atom is 0.240 e. The van der Waals surface area contributed by atoms with E-state index in [1.807, 2.05) is 0 Å². The van der Waals surface area contributed by atoms with E-state index in [0.717, 1.165) is 0 Å². The molecule has 3 aromatic carbocycles. The first-order valence-electron chi connectivity index (χ1n) is 12.4. The third kappa shape index (κ3) is 8.37. The predicted octanol–water partition coefficient (Wildman–Crippen LogP) is 4.25. The van der Waals surface area contributed by atoms with Crippen molar-refractivity contribution in [2.75, 3.05) is 42.7 Å². The fourth-order valence-corrected chi connectivity index (χ4v) is 4.48. The van der Waals surface area contributed by atoms with Gasteiger partial charge in [-0.2, -0.15) is 15.0 Å². The van der Waals surface area contributed by atoms with E-state index in [2.05, 4.69) is 30.3 Å². The molecule has 1 aromatic heterocycles. The first kappa shape index (κ1) is 29.2. The Labute approximate surface area is 236 Å². The molecule has 0 fully saturated rings. The zero-order valence-corrected chi connectivity index (χ0v) is 23.0. The lowest BCUT2D eigenvalue weighted by molar-refractivity contribution is 0.104. The van der Waals surface area contributed by atoms with Crippen molar-refractivity contribution < 1.29 is 22.0 Å². The quantitative estimate of drug-likeness (QED) is 0.128. The van der Waals surface area contributed by atoms with E-state index < -0.39 is 10.0 Å². The predicted molar refractivity (Wildman–Crippen MR) is 154 cm³/mol. The summed E-state index contributed by atoms with van der Waals surface area (Å²) in [7, 11) is -0.331. The van der Waals surface area contributed by atoms with Crippen LogP contribution in [0.3, 0.4) is 0 Å². The van der Waals surface area contributed by atoms with Gasteiger partial charge in [0.05, 0.1) is 4.90 Å². The van der Waals surface area contributed by atoms with Crippen molar-refractivity contribution in [3.8, 4) is 0 Å². The number of sulfonamides is 1. The standard InChI is InChI=1S/C28H27F2N7O3S/c1-37(2)28-35-26(34-27(36-28)33-23-12-10-22(30)11-13-23)31-17-18-32-41(39,40)24-14-6-20(7-15-24)25(38)16-5-19-3-8-21(29)9-4-19/h3-16,32H,17-18H2,1-2H3,(H2,31,33,34,35,36)/b16-5+. The van der Waals surface area contributed by atoms with Crippen LogP contribution in [0.15, 0.2) is 83.8 Å². The van der Waals surface area contributed by atoms with Crippen molar-refractivity contribution in [2.45, 2.75) is 4.90 Å². The number of halogens is 2. The summed E-state index contributed by atoms with van der Waals surface area (Å²) in [6, 6.07) is 16.9. The summed E-state index contributed by atoms with van der Waals surface area (Å²) in [5.41, 5.74) is 1.55. The summed E-state index contributed by atoms with van der Waals surface area (Å²) in [6.07, 6.45) is 2.89. The van der Waals surface area contributed by atoms with Gasteiger partial charge in [0, 0.05) is 38.4 Å². The van der Waals surface area contributed by atoms with Crippen LogP contribution in [0.4, 0.5) is 32.3 Å². The lowest BCUT2D eigenvalue weighted by Crippen LogP contribution is -2.29. The third-order valence-electron chi connectivity index (χ3n) is 5.57. The highest BCUT2D eigenvalue weighted by atomic mass is 32.2. The van der Waals surface area contributed by atoms with Gasteiger partial charge in [0.2, 0.25) is 27.9 Å².